The molecule has 1 aliphatic rings. The molecule has 3 rings (SSSR count). The van der Waals surface area contributed by atoms with E-state index in [4.69, 9.17) is 0 Å². The number of benzene rings is 1. The molecule has 0 aliphatic heterocycles. The predicted molar refractivity (Wildman–Crippen MR) is 110 cm³/mol. The van der Waals surface area contributed by atoms with Crippen LogP contribution in [-0.2, 0) is 12.0 Å². The fraction of sp³-hybridized carbons (Fsp3) is 0.500. The van der Waals surface area contributed by atoms with Gasteiger partial charge in [-0.2, -0.15) is 0 Å². The number of aromatic nitrogens is 1. The Morgan fingerprint density at radius 2 is 1.96 bits per heavy atom. The molecule has 1 aromatic heterocycles. The van der Waals surface area contributed by atoms with Crippen LogP contribution in [0.2, 0.25) is 0 Å². The number of halogens is 1. The maximum atomic E-state index is 12.0. The van der Waals surface area contributed by atoms with Gasteiger partial charge in [-0.1, -0.05) is 30.3 Å². The number of nitrogens with zero attached hydrogens (tertiary/aromatic N) is 2. The maximum absolute atomic E-state index is 12.0. The summed E-state index contributed by atoms with van der Waals surface area (Å²) in [6, 6.07) is 12.7. The van der Waals surface area contributed by atoms with Crippen molar-refractivity contribution < 1.29 is 5.11 Å². The second-order valence-corrected chi connectivity index (χ2v) is 7.67. The molecular weight excluding hydrogens is 344 g/mol. The number of pyridine rings is 1. The molecule has 0 saturated carbocycles. The zero-order valence-corrected chi connectivity index (χ0v) is 16.9. The third-order valence-corrected chi connectivity index (χ3v) is 5.50. The average molecular weight is 375 g/mol. The molecule has 1 N–H and O–H groups in total. The second kappa shape index (κ2) is 8.98. The van der Waals surface area contributed by atoms with Gasteiger partial charge < -0.3 is 10.0 Å². The van der Waals surface area contributed by atoms with Crippen LogP contribution in [0.25, 0.3) is 0 Å². The highest BCUT2D eigenvalue weighted by atomic mass is 35.5. The van der Waals surface area contributed by atoms with Crippen LogP contribution in [0.15, 0.2) is 42.6 Å². The van der Waals surface area contributed by atoms with E-state index in [1.165, 1.54) is 5.56 Å². The predicted octanol–water partition coefficient (Wildman–Crippen LogP) is 4.46. The molecular formula is C22H31ClN2O. The Labute approximate surface area is 163 Å². The van der Waals surface area contributed by atoms with Crippen LogP contribution < -0.4 is 0 Å². The van der Waals surface area contributed by atoms with E-state index in [2.05, 4.69) is 60.4 Å². The summed E-state index contributed by atoms with van der Waals surface area (Å²) in [6.07, 6.45) is 6.87. The standard InChI is InChI=1S/C22H30N2O.ClH/c1-17-12-13-19(16-23-17)21-11-6-9-18-8-4-5-10-20(18)22(21,25)14-7-15-24(2)3;/h4-5,8,10,12-13,16,21,25H,6-7,9,11,14-15H2,1-3H3;1H/t21-,22-;/m0./s1. The Bertz CT molecular complexity index is 702. The number of rotatable bonds is 5. The molecule has 1 aliphatic carbocycles. The molecule has 4 heteroatoms. The quantitative estimate of drug-likeness (QED) is 0.785. The molecule has 2 aromatic rings. The number of hydrogen-bond donors (Lipinski definition) is 1. The van der Waals surface area contributed by atoms with Gasteiger partial charge in [0.25, 0.3) is 0 Å². The first kappa shape index (κ1) is 20.9. The van der Waals surface area contributed by atoms with E-state index in [9.17, 15) is 5.11 Å². The van der Waals surface area contributed by atoms with E-state index in [-0.39, 0.29) is 18.3 Å². The smallest absolute Gasteiger partial charge is 0.0968 e. The molecule has 3 nitrogen and oxygen atoms in total. The van der Waals surface area contributed by atoms with Crippen molar-refractivity contribution in [1.82, 2.24) is 9.88 Å². The zero-order chi connectivity index (χ0) is 17.9. The Hall–Kier alpha value is -1.42. The summed E-state index contributed by atoms with van der Waals surface area (Å²) in [6.45, 7) is 3.00. The van der Waals surface area contributed by atoms with Gasteiger partial charge in [-0.05, 0) is 82.4 Å². The third-order valence-electron chi connectivity index (χ3n) is 5.50. The molecule has 26 heavy (non-hydrogen) atoms. The fourth-order valence-corrected chi connectivity index (χ4v) is 4.19. The molecule has 2 atom stereocenters. The van der Waals surface area contributed by atoms with Crippen LogP contribution in [0.3, 0.4) is 0 Å². The van der Waals surface area contributed by atoms with Crippen LogP contribution in [0.4, 0.5) is 0 Å². The topological polar surface area (TPSA) is 36.4 Å². The van der Waals surface area contributed by atoms with Crippen LogP contribution in [0.1, 0.15) is 54.0 Å². The fourth-order valence-electron chi connectivity index (χ4n) is 4.19. The highest BCUT2D eigenvalue weighted by molar-refractivity contribution is 5.85. The average Bonchev–Trinajstić information content (AvgIpc) is 2.73. The van der Waals surface area contributed by atoms with Crippen LogP contribution in [0, 0.1) is 6.92 Å². The minimum atomic E-state index is -0.819. The first-order valence-corrected chi connectivity index (χ1v) is 9.39. The largest absolute Gasteiger partial charge is 0.385 e. The summed E-state index contributed by atoms with van der Waals surface area (Å²) in [5.41, 5.74) is 3.79. The van der Waals surface area contributed by atoms with Crippen LogP contribution in [0.5, 0.6) is 0 Å². The van der Waals surface area contributed by atoms with E-state index < -0.39 is 5.60 Å². The lowest BCUT2D eigenvalue weighted by molar-refractivity contribution is -0.00615. The second-order valence-electron chi connectivity index (χ2n) is 7.67. The van der Waals surface area contributed by atoms with Crippen LogP contribution >= 0.6 is 12.4 Å². The minimum Gasteiger partial charge on any atom is -0.385 e. The Morgan fingerprint density at radius 3 is 2.65 bits per heavy atom. The molecule has 1 aromatic carbocycles. The summed E-state index contributed by atoms with van der Waals surface area (Å²) in [7, 11) is 4.18. The Kier molecular flexibility index (Phi) is 7.22. The van der Waals surface area contributed by atoms with Crippen molar-refractivity contribution in [3.63, 3.8) is 0 Å². The molecule has 0 unspecified atom stereocenters. The van der Waals surface area contributed by atoms with Gasteiger partial charge in [-0.15, -0.1) is 12.4 Å². The summed E-state index contributed by atoms with van der Waals surface area (Å²) in [5.74, 6) is 0.103. The van der Waals surface area contributed by atoms with Crippen molar-refractivity contribution in [1.29, 1.82) is 0 Å². The number of fused-ring (bicyclic) bond motifs is 1. The summed E-state index contributed by atoms with van der Waals surface area (Å²) < 4.78 is 0. The van der Waals surface area contributed by atoms with E-state index in [1.54, 1.807) is 0 Å². The van der Waals surface area contributed by atoms with Gasteiger partial charge in [0.2, 0.25) is 0 Å². The molecule has 0 spiro atoms. The van der Waals surface area contributed by atoms with Gasteiger partial charge in [0, 0.05) is 17.8 Å². The molecule has 0 amide bonds. The van der Waals surface area contributed by atoms with Gasteiger partial charge >= 0.3 is 0 Å². The first-order chi connectivity index (χ1) is 12.0. The summed E-state index contributed by atoms with van der Waals surface area (Å²) in [5, 5.41) is 12.0. The van der Waals surface area contributed by atoms with Crippen molar-refractivity contribution in [2.24, 2.45) is 0 Å². The van der Waals surface area contributed by atoms with Crippen molar-refractivity contribution >= 4 is 12.4 Å². The lowest BCUT2D eigenvalue weighted by Crippen LogP contribution is -2.34. The van der Waals surface area contributed by atoms with Gasteiger partial charge in [0.15, 0.2) is 0 Å². The summed E-state index contributed by atoms with van der Waals surface area (Å²) >= 11 is 0. The van der Waals surface area contributed by atoms with E-state index in [0.29, 0.717) is 0 Å². The van der Waals surface area contributed by atoms with Gasteiger partial charge in [0.05, 0.1) is 5.60 Å². The van der Waals surface area contributed by atoms with Crippen molar-refractivity contribution in [3.05, 3.63) is 65.0 Å². The first-order valence-electron chi connectivity index (χ1n) is 9.39. The Balaban J connectivity index is 0.00000243. The monoisotopic (exact) mass is 374 g/mol. The lowest BCUT2D eigenvalue weighted by Gasteiger charge is -2.37. The van der Waals surface area contributed by atoms with Gasteiger partial charge in [-0.25, -0.2) is 0 Å². The highest BCUT2D eigenvalue weighted by Crippen LogP contribution is 2.46. The molecule has 0 fully saturated rings. The lowest BCUT2D eigenvalue weighted by atomic mass is 9.73. The minimum absolute atomic E-state index is 0. The summed E-state index contributed by atoms with van der Waals surface area (Å²) in [4.78, 5) is 6.68. The van der Waals surface area contributed by atoms with Crippen molar-refractivity contribution in [2.45, 2.75) is 50.5 Å². The Morgan fingerprint density at radius 1 is 1.19 bits per heavy atom. The molecule has 1 heterocycles. The maximum Gasteiger partial charge on any atom is 0.0968 e. The van der Waals surface area contributed by atoms with E-state index >= 15 is 0 Å². The molecule has 0 radical (unpaired) electrons. The zero-order valence-electron chi connectivity index (χ0n) is 16.1. The third kappa shape index (κ3) is 4.46. The van der Waals surface area contributed by atoms with Crippen molar-refractivity contribution in [2.75, 3.05) is 20.6 Å². The van der Waals surface area contributed by atoms with E-state index in [0.717, 1.165) is 55.5 Å². The van der Waals surface area contributed by atoms with E-state index in [1.807, 2.05) is 13.1 Å². The molecule has 0 saturated heterocycles. The highest BCUT2D eigenvalue weighted by Gasteiger charge is 2.41. The number of hydrogen-bond acceptors (Lipinski definition) is 3. The number of aryl methyl sites for hydroxylation is 2. The SMILES string of the molecule is Cc1ccc([C@@H]2CCCc3ccccc3[C@@]2(O)CCCN(C)C)cn1.Cl. The van der Waals surface area contributed by atoms with Gasteiger partial charge in [-0.3, -0.25) is 4.98 Å². The molecule has 142 valence electrons. The van der Waals surface area contributed by atoms with Crippen LogP contribution in [-0.4, -0.2) is 35.6 Å². The van der Waals surface area contributed by atoms with Crippen molar-refractivity contribution in [3.8, 4) is 0 Å². The normalized spacial score (nSPS) is 22.4. The molecule has 0 bridgehead atoms. The van der Waals surface area contributed by atoms with Gasteiger partial charge in [0.1, 0.15) is 0 Å². The number of aliphatic hydroxyl groups is 1.